The van der Waals surface area contributed by atoms with Gasteiger partial charge in [0, 0.05) is 14.0 Å². The Labute approximate surface area is 224 Å². The van der Waals surface area contributed by atoms with Gasteiger partial charge in [0.25, 0.3) is 0 Å². The maximum Gasteiger partial charge on any atom is 0.340 e. The number of aryl methyl sites for hydroxylation is 2. The van der Waals surface area contributed by atoms with Crippen LogP contribution in [0.1, 0.15) is 62.5 Å². The lowest BCUT2D eigenvalue weighted by Gasteiger charge is -2.22. The van der Waals surface area contributed by atoms with Crippen molar-refractivity contribution in [3.8, 4) is 0 Å². The molecule has 0 aliphatic carbocycles. The summed E-state index contributed by atoms with van der Waals surface area (Å²) in [6.45, 7) is 20.3. The highest BCUT2D eigenvalue weighted by atomic mass is 28.3. The van der Waals surface area contributed by atoms with Crippen molar-refractivity contribution in [3.63, 3.8) is 0 Å². The maximum absolute atomic E-state index is 13.2. The molecule has 2 N–H and O–H groups in total. The molecule has 1 amide bonds. The minimum absolute atomic E-state index is 0.00742. The van der Waals surface area contributed by atoms with Crippen molar-refractivity contribution in [1.82, 2.24) is 0 Å². The van der Waals surface area contributed by atoms with Gasteiger partial charge in [-0.1, -0.05) is 51.7 Å². The predicted molar refractivity (Wildman–Crippen MR) is 151 cm³/mol. The first kappa shape index (κ1) is 31.2. The first-order chi connectivity index (χ1) is 17.0. The number of benzene rings is 1. The number of amides is 1. The van der Waals surface area contributed by atoms with Gasteiger partial charge >= 0.3 is 5.97 Å². The highest BCUT2D eigenvalue weighted by molar-refractivity contribution is 6.76. The average Bonchev–Trinajstić information content (AvgIpc) is 3.03. The van der Waals surface area contributed by atoms with Crippen LogP contribution in [0, 0.1) is 25.7 Å². The second kappa shape index (κ2) is 12.7. The number of rotatable bonds is 11. The topological polar surface area (TPSA) is 94.1 Å². The molecule has 208 valence electrons. The van der Waals surface area contributed by atoms with Crippen LogP contribution in [0.15, 0.2) is 24.3 Å². The van der Waals surface area contributed by atoms with E-state index in [0.29, 0.717) is 17.9 Å². The molecule has 0 aromatic heterocycles. The highest BCUT2D eigenvalue weighted by Crippen LogP contribution is 2.35. The van der Waals surface area contributed by atoms with Crippen molar-refractivity contribution in [3.05, 3.63) is 41.0 Å². The minimum atomic E-state index is -1.34. The van der Waals surface area contributed by atoms with E-state index >= 15 is 0 Å². The molecule has 1 aliphatic rings. The maximum atomic E-state index is 13.2. The molecular weight excluding hydrogens is 486 g/mol. The molecule has 0 spiro atoms. The smallest absolute Gasteiger partial charge is 0.340 e. The number of aliphatic hydroxyl groups excluding tert-OH is 1. The Balaban J connectivity index is 2.17. The number of esters is 1. The van der Waals surface area contributed by atoms with Crippen LogP contribution in [0.3, 0.4) is 0 Å². The fourth-order valence-corrected chi connectivity index (χ4v) is 5.05. The zero-order valence-corrected chi connectivity index (χ0v) is 25.3. The number of carbonyl (C=O) groups is 2. The monoisotopic (exact) mass is 533 g/mol. The van der Waals surface area contributed by atoms with Gasteiger partial charge in [0.2, 0.25) is 5.91 Å². The van der Waals surface area contributed by atoms with Crippen molar-refractivity contribution in [2.24, 2.45) is 11.8 Å². The van der Waals surface area contributed by atoms with Crippen LogP contribution in [-0.2, 0) is 19.0 Å². The zero-order chi connectivity index (χ0) is 28.1. The summed E-state index contributed by atoms with van der Waals surface area (Å²) < 4.78 is 17.8. The minimum Gasteiger partial charge on any atom is -0.462 e. The van der Waals surface area contributed by atoms with Crippen molar-refractivity contribution in [2.45, 2.75) is 105 Å². The second-order valence-electron chi connectivity index (χ2n) is 12.2. The molecule has 0 radical (unpaired) electrons. The quantitative estimate of drug-likeness (QED) is 0.210. The van der Waals surface area contributed by atoms with E-state index in [1.54, 1.807) is 13.0 Å². The van der Waals surface area contributed by atoms with Crippen LogP contribution in [0.4, 0.5) is 5.69 Å². The molecule has 0 bridgehead atoms. The van der Waals surface area contributed by atoms with Gasteiger partial charge in [0.15, 0.2) is 5.79 Å². The molecular formula is C29H47NO6Si. The number of nitrogens with one attached hydrogen (secondary N) is 1. The first-order valence-corrected chi connectivity index (χ1v) is 17.0. The van der Waals surface area contributed by atoms with E-state index < -0.39 is 32.0 Å². The van der Waals surface area contributed by atoms with Crippen LogP contribution < -0.4 is 5.32 Å². The molecule has 5 atom stereocenters. The summed E-state index contributed by atoms with van der Waals surface area (Å²) in [5.41, 5.74) is 2.54. The SMILES string of the molecule is Cc1cc(C)c(C(=O)OCC[Si](C)(C)C)c(NC(=O)C[C@H]2OC(C)(C)O[C@@H]2C(C)/C=C\[C@H](C)[C@@H](C)O)c1. The van der Waals surface area contributed by atoms with Crippen molar-refractivity contribution < 1.29 is 28.9 Å². The van der Waals surface area contributed by atoms with E-state index in [2.05, 4.69) is 25.0 Å². The summed E-state index contributed by atoms with van der Waals surface area (Å²) in [7, 11) is -1.34. The summed E-state index contributed by atoms with van der Waals surface area (Å²) >= 11 is 0. The van der Waals surface area contributed by atoms with E-state index in [1.807, 2.05) is 59.8 Å². The fourth-order valence-electron chi connectivity index (χ4n) is 4.33. The molecule has 1 aromatic carbocycles. The van der Waals surface area contributed by atoms with Gasteiger partial charge in [-0.3, -0.25) is 4.79 Å². The van der Waals surface area contributed by atoms with Gasteiger partial charge in [0.05, 0.1) is 42.6 Å². The van der Waals surface area contributed by atoms with Crippen molar-refractivity contribution in [1.29, 1.82) is 0 Å². The molecule has 1 unspecified atom stereocenters. The summed E-state index contributed by atoms with van der Waals surface area (Å²) in [4.78, 5) is 26.2. The number of hydrogen-bond donors (Lipinski definition) is 2. The van der Waals surface area contributed by atoms with Gasteiger partial charge in [-0.15, -0.1) is 0 Å². The molecule has 2 rings (SSSR count). The van der Waals surface area contributed by atoms with E-state index in [-0.39, 0.29) is 30.3 Å². The largest absolute Gasteiger partial charge is 0.462 e. The Morgan fingerprint density at radius 1 is 1.14 bits per heavy atom. The Kier molecular flexibility index (Phi) is 10.7. The Morgan fingerprint density at radius 2 is 1.78 bits per heavy atom. The Morgan fingerprint density at radius 3 is 2.38 bits per heavy atom. The third-order valence-electron chi connectivity index (χ3n) is 6.65. The molecule has 8 heteroatoms. The van der Waals surface area contributed by atoms with Gasteiger partial charge in [0.1, 0.15) is 0 Å². The van der Waals surface area contributed by atoms with Gasteiger partial charge in [-0.25, -0.2) is 4.79 Å². The lowest BCUT2D eigenvalue weighted by Crippen LogP contribution is -2.32. The normalized spacial score (nSPS) is 22.0. The zero-order valence-electron chi connectivity index (χ0n) is 24.3. The summed E-state index contributed by atoms with van der Waals surface area (Å²) in [6, 6.07) is 4.60. The van der Waals surface area contributed by atoms with Crippen molar-refractivity contribution >= 4 is 25.6 Å². The number of anilines is 1. The van der Waals surface area contributed by atoms with Crippen LogP contribution in [-0.4, -0.2) is 55.8 Å². The molecule has 1 heterocycles. The fraction of sp³-hybridized carbons (Fsp3) is 0.655. The Bertz CT molecular complexity index is 981. The Hall–Kier alpha value is -2.00. The summed E-state index contributed by atoms with van der Waals surface area (Å²) in [5.74, 6) is -1.52. The lowest BCUT2D eigenvalue weighted by atomic mass is 9.95. The standard InChI is InChI=1S/C29H47NO6Si/c1-18-15-21(4)26(28(33)34-13-14-37(8,9)10)23(16-18)30-25(32)17-24-27(36-29(6,7)35-24)20(3)12-11-19(2)22(5)31/h11-12,15-16,19-20,22,24,27,31H,13-14,17H2,1-10H3,(H,30,32)/b12-11-/t19-,20?,22+,24+,27+/m0/s1. The van der Waals surface area contributed by atoms with Gasteiger partial charge < -0.3 is 24.6 Å². The van der Waals surface area contributed by atoms with Gasteiger partial charge in [-0.2, -0.15) is 0 Å². The third kappa shape index (κ3) is 9.67. The average molecular weight is 534 g/mol. The van der Waals surface area contributed by atoms with E-state index in [1.165, 1.54) is 0 Å². The van der Waals surface area contributed by atoms with Crippen LogP contribution in [0.25, 0.3) is 0 Å². The molecule has 1 fully saturated rings. The van der Waals surface area contributed by atoms with Crippen LogP contribution >= 0.6 is 0 Å². The molecule has 1 saturated heterocycles. The molecule has 0 saturated carbocycles. The molecule has 7 nitrogen and oxygen atoms in total. The second-order valence-corrected chi connectivity index (χ2v) is 17.8. The van der Waals surface area contributed by atoms with E-state index in [4.69, 9.17) is 14.2 Å². The predicted octanol–water partition coefficient (Wildman–Crippen LogP) is 5.86. The number of carbonyl (C=O) groups excluding carboxylic acids is 2. The van der Waals surface area contributed by atoms with Crippen LogP contribution in [0.5, 0.6) is 0 Å². The molecule has 1 aliphatic heterocycles. The number of ether oxygens (including phenoxy) is 3. The lowest BCUT2D eigenvalue weighted by molar-refractivity contribution is -0.150. The number of aliphatic hydroxyl groups is 1. The summed E-state index contributed by atoms with van der Waals surface area (Å²) in [5, 5.41) is 12.7. The first-order valence-electron chi connectivity index (χ1n) is 13.3. The number of hydrogen-bond acceptors (Lipinski definition) is 6. The van der Waals surface area contributed by atoms with Crippen LogP contribution in [0.2, 0.25) is 25.7 Å². The third-order valence-corrected chi connectivity index (χ3v) is 8.35. The molecule has 37 heavy (non-hydrogen) atoms. The van der Waals surface area contributed by atoms with Crippen molar-refractivity contribution in [2.75, 3.05) is 11.9 Å². The highest BCUT2D eigenvalue weighted by Gasteiger charge is 2.44. The van der Waals surface area contributed by atoms with Gasteiger partial charge in [-0.05, 0) is 63.8 Å². The van der Waals surface area contributed by atoms with E-state index in [0.717, 1.165) is 17.2 Å². The molecule has 1 aromatic rings. The summed E-state index contributed by atoms with van der Waals surface area (Å²) in [6.07, 6.45) is 2.82. The van der Waals surface area contributed by atoms with E-state index in [9.17, 15) is 14.7 Å².